The Morgan fingerprint density at radius 1 is 1.33 bits per heavy atom. The number of rotatable bonds is 7. The number of hydrogen-bond acceptors (Lipinski definition) is 4. The molecule has 1 aromatic rings. The minimum atomic E-state index is 0.669. The third-order valence-corrected chi connectivity index (χ3v) is 3.17. The van der Waals surface area contributed by atoms with Gasteiger partial charge in [-0.15, -0.1) is 0 Å². The van der Waals surface area contributed by atoms with Gasteiger partial charge in [-0.2, -0.15) is 0 Å². The van der Waals surface area contributed by atoms with E-state index in [4.69, 9.17) is 0 Å². The molecule has 0 radical (unpaired) electrons. The minimum Gasteiger partial charge on any atom is -0.353 e. The van der Waals surface area contributed by atoms with Crippen LogP contribution in [0.2, 0.25) is 0 Å². The van der Waals surface area contributed by atoms with E-state index in [1.165, 1.54) is 12.8 Å². The van der Waals surface area contributed by atoms with Crippen LogP contribution in [-0.2, 0) is 6.54 Å². The Balaban J connectivity index is 1.88. The third-order valence-electron chi connectivity index (χ3n) is 3.17. The Labute approximate surface area is 110 Å². The lowest BCUT2D eigenvalue weighted by Gasteiger charge is -2.20. The molecule has 0 aliphatic heterocycles. The molecule has 0 unspecified atom stereocenters. The Bertz CT molecular complexity index is 357. The van der Waals surface area contributed by atoms with E-state index in [2.05, 4.69) is 41.0 Å². The van der Waals surface area contributed by atoms with Crippen LogP contribution in [0.3, 0.4) is 0 Å². The fourth-order valence-corrected chi connectivity index (χ4v) is 2.07. The normalized spacial score (nSPS) is 15.1. The van der Waals surface area contributed by atoms with E-state index in [1.54, 1.807) is 0 Å². The van der Waals surface area contributed by atoms with Crippen molar-refractivity contribution in [2.45, 2.75) is 46.2 Å². The van der Waals surface area contributed by atoms with Gasteiger partial charge in [0.15, 0.2) is 0 Å². The van der Waals surface area contributed by atoms with E-state index in [1.807, 2.05) is 12.4 Å². The Morgan fingerprint density at radius 3 is 2.61 bits per heavy atom. The van der Waals surface area contributed by atoms with Crippen LogP contribution in [0.4, 0.5) is 5.82 Å². The van der Waals surface area contributed by atoms with Gasteiger partial charge in [0.05, 0.1) is 18.1 Å². The van der Waals surface area contributed by atoms with Crippen LogP contribution in [0.1, 0.15) is 39.3 Å². The zero-order valence-corrected chi connectivity index (χ0v) is 11.7. The second-order valence-corrected chi connectivity index (χ2v) is 5.41. The number of nitrogens with zero attached hydrogens (tertiary/aromatic N) is 3. The molecule has 1 aliphatic carbocycles. The zero-order chi connectivity index (χ0) is 13.0. The summed E-state index contributed by atoms with van der Waals surface area (Å²) in [6.07, 6.45) is 6.41. The van der Waals surface area contributed by atoms with Crippen molar-refractivity contribution in [3.8, 4) is 0 Å². The molecule has 1 saturated carbocycles. The molecule has 0 spiro atoms. The summed E-state index contributed by atoms with van der Waals surface area (Å²) in [6.45, 7) is 9.43. The fourth-order valence-electron chi connectivity index (χ4n) is 2.07. The number of aromatic nitrogens is 2. The van der Waals surface area contributed by atoms with Gasteiger partial charge in [0.25, 0.3) is 0 Å². The maximum absolute atomic E-state index is 4.53. The van der Waals surface area contributed by atoms with Crippen LogP contribution >= 0.6 is 0 Å². The summed E-state index contributed by atoms with van der Waals surface area (Å²) in [4.78, 5) is 11.4. The number of anilines is 1. The zero-order valence-electron chi connectivity index (χ0n) is 11.7. The first-order valence-corrected chi connectivity index (χ1v) is 6.99. The topological polar surface area (TPSA) is 41.1 Å². The Morgan fingerprint density at radius 2 is 2.11 bits per heavy atom. The van der Waals surface area contributed by atoms with Crippen LogP contribution in [0.5, 0.6) is 0 Å². The van der Waals surface area contributed by atoms with Crippen LogP contribution in [0.15, 0.2) is 12.4 Å². The molecule has 0 atom stereocenters. The van der Waals surface area contributed by atoms with Gasteiger partial charge in [-0.25, -0.2) is 4.98 Å². The molecule has 100 valence electrons. The van der Waals surface area contributed by atoms with Gasteiger partial charge in [-0.05, 0) is 32.2 Å². The summed E-state index contributed by atoms with van der Waals surface area (Å²) in [5, 5.41) is 3.38. The minimum absolute atomic E-state index is 0.669. The molecule has 4 nitrogen and oxygen atoms in total. The van der Waals surface area contributed by atoms with Crippen molar-refractivity contribution in [1.82, 2.24) is 15.3 Å². The maximum atomic E-state index is 4.53. The van der Waals surface area contributed by atoms with Crippen molar-refractivity contribution in [1.29, 1.82) is 0 Å². The lowest BCUT2D eigenvalue weighted by Crippen LogP contribution is -2.26. The molecule has 1 aromatic heterocycles. The predicted octanol–water partition coefficient (Wildman–Crippen LogP) is 2.21. The molecular formula is C14H24N4. The first kappa shape index (κ1) is 13.3. The van der Waals surface area contributed by atoms with E-state index in [9.17, 15) is 0 Å². The predicted molar refractivity (Wildman–Crippen MR) is 74.6 cm³/mol. The van der Waals surface area contributed by atoms with Crippen molar-refractivity contribution < 1.29 is 0 Å². The molecule has 1 fully saturated rings. The highest BCUT2D eigenvalue weighted by molar-refractivity contribution is 5.39. The van der Waals surface area contributed by atoms with Crippen molar-refractivity contribution in [2.75, 3.05) is 18.0 Å². The summed E-state index contributed by atoms with van der Waals surface area (Å²) in [6, 6.07) is 0.703. The largest absolute Gasteiger partial charge is 0.353 e. The summed E-state index contributed by atoms with van der Waals surface area (Å²) in [5.41, 5.74) is 1.02. The monoisotopic (exact) mass is 248 g/mol. The van der Waals surface area contributed by atoms with Crippen molar-refractivity contribution >= 4 is 5.82 Å². The molecule has 1 heterocycles. The lowest BCUT2D eigenvalue weighted by molar-refractivity contribution is 0.547. The standard InChI is InChI=1S/C14H24N4/c1-4-18(13-5-6-13)14-10-16-12(9-17-14)8-15-7-11(2)3/h9-11,13,15H,4-8H2,1-3H3. The summed E-state index contributed by atoms with van der Waals surface area (Å²) >= 11 is 0. The van der Waals surface area contributed by atoms with Crippen molar-refractivity contribution in [3.63, 3.8) is 0 Å². The van der Waals surface area contributed by atoms with Gasteiger partial charge in [0, 0.05) is 19.1 Å². The van der Waals surface area contributed by atoms with Crippen LogP contribution < -0.4 is 10.2 Å². The molecule has 0 amide bonds. The highest BCUT2D eigenvalue weighted by Crippen LogP contribution is 2.29. The van der Waals surface area contributed by atoms with E-state index >= 15 is 0 Å². The maximum Gasteiger partial charge on any atom is 0.147 e. The smallest absolute Gasteiger partial charge is 0.147 e. The van der Waals surface area contributed by atoms with Crippen LogP contribution in [0, 0.1) is 5.92 Å². The van der Waals surface area contributed by atoms with E-state index in [-0.39, 0.29) is 0 Å². The quantitative estimate of drug-likeness (QED) is 0.803. The average molecular weight is 248 g/mol. The van der Waals surface area contributed by atoms with Crippen molar-refractivity contribution in [2.24, 2.45) is 5.92 Å². The van der Waals surface area contributed by atoms with Gasteiger partial charge >= 0.3 is 0 Å². The summed E-state index contributed by atoms with van der Waals surface area (Å²) in [7, 11) is 0. The van der Waals surface area contributed by atoms with Gasteiger partial charge in [-0.1, -0.05) is 13.8 Å². The summed E-state index contributed by atoms with van der Waals surface area (Å²) < 4.78 is 0. The average Bonchev–Trinajstić information content (AvgIpc) is 3.16. The molecule has 4 heteroatoms. The SMILES string of the molecule is CCN(c1cnc(CNCC(C)C)cn1)C1CC1. The van der Waals surface area contributed by atoms with Gasteiger partial charge in [-0.3, -0.25) is 4.98 Å². The molecule has 0 aromatic carbocycles. The molecule has 2 rings (SSSR count). The highest BCUT2D eigenvalue weighted by Gasteiger charge is 2.28. The van der Waals surface area contributed by atoms with E-state index in [0.29, 0.717) is 12.0 Å². The first-order valence-electron chi connectivity index (χ1n) is 6.99. The molecule has 0 bridgehead atoms. The highest BCUT2D eigenvalue weighted by atomic mass is 15.2. The van der Waals surface area contributed by atoms with Gasteiger partial charge < -0.3 is 10.2 Å². The third kappa shape index (κ3) is 3.67. The lowest BCUT2D eigenvalue weighted by atomic mass is 10.2. The van der Waals surface area contributed by atoms with Crippen LogP contribution in [0.25, 0.3) is 0 Å². The van der Waals surface area contributed by atoms with Crippen molar-refractivity contribution in [3.05, 3.63) is 18.1 Å². The van der Waals surface area contributed by atoms with Gasteiger partial charge in [0.2, 0.25) is 0 Å². The fraction of sp³-hybridized carbons (Fsp3) is 0.714. The molecule has 1 aliphatic rings. The van der Waals surface area contributed by atoms with Gasteiger partial charge in [0.1, 0.15) is 5.82 Å². The van der Waals surface area contributed by atoms with Crippen LogP contribution in [-0.4, -0.2) is 29.1 Å². The number of nitrogens with one attached hydrogen (secondary N) is 1. The molecule has 18 heavy (non-hydrogen) atoms. The molecule has 1 N–H and O–H groups in total. The number of hydrogen-bond donors (Lipinski definition) is 1. The van der Waals surface area contributed by atoms with E-state index < -0.39 is 0 Å². The Kier molecular flexibility index (Phi) is 4.53. The summed E-state index contributed by atoms with van der Waals surface area (Å²) in [5.74, 6) is 1.69. The first-order chi connectivity index (χ1) is 8.70. The molecule has 0 saturated heterocycles. The second-order valence-electron chi connectivity index (χ2n) is 5.41. The Hall–Kier alpha value is -1.16. The van der Waals surface area contributed by atoms with E-state index in [0.717, 1.165) is 31.1 Å². The second kappa shape index (κ2) is 6.14. The molecular weight excluding hydrogens is 224 g/mol.